The van der Waals surface area contributed by atoms with Crippen molar-refractivity contribution < 1.29 is 4.79 Å². The maximum atomic E-state index is 11.0. The molecule has 3 heteroatoms. The molecule has 2 rings (SSSR count). The van der Waals surface area contributed by atoms with Crippen molar-refractivity contribution in [2.45, 2.75) is 11.8 Å². The Bertz CT molecular complexity index is 335. The Morgan fingerprint density at radius 1 is 1.67 bits per heavy atom. The smallest absolute Gasteiger partial charge is 0.234 e. The molecular formula is C9H8NOS. The zero-order valence-corrected chi connectivity index (χ0v) is 7.49. The molecule has 1 radical (unpaired) electrons. The highest BCUT2D eigenvalue weighted by Crippen LogP contribution is 2.31. The van der Waals surface area contributed by atoms with Crippen LogP contribution in [0.1, 0.15) is 5.56 Å². The third-order valence-electron chi connectivity index (χ3n) is 1.69. The predicted octanol–water partition coefficient (Wildman–Crippen LogP) is 1.84. The van der Waals surface area contributed by atoms with Crippen molar-refractivity contribution >= 4 is 23.4 Å². The van der Waals surface area contributed by atoms with E-state index >= 15 is 0 Å². The van der Waals surface area contributed by atoms with Crippen LogP contribution in [0, 0.1) is 13.0 Å². The minimum Gasteiger partial charge on any atom is -0.324 e. The first kappa shape index (κ1) is 7.68. The van der Waals surface area contributed by atoms with Gasteiger partial charge in [-0.3, -0.25) is 4.79 Å². The van der Waals surface area contributed by atoms with E-state index in [0.717, 1.165) is 16.1 Å². The maximum Gasteiger partial charge on any atom is 0.234 e. The second kappa shape index (κ2) is 2.83. The number of thioether (sulfide) groups is 1. The lowest BCUT2D eigenvalue weighted by Crippen LogP contribution is -2.18. The average molecular weight is 178 g/mol. The van der Waals surface area contributed by atoms with E-state index in [-0.39, 0.29) is 5.91 Å². The van der Waals surface area contributed by atoms with Crippen molar-refractivity contribution in [2.75, 3.05) is 11.1 Å². The highest BCUT2D eigenvalue weighted by atomic mass is 32.2. The number of rotatable bonds is 0. The van der Waals surface area contributed by atoms with Gasteiger partial charge in [0.05, 0.1) is 11.4 Å². The second-order valence-electron chi connectivity index (χ2n) is 2.73. The molecule has 0 fully saturated rings. The first-order valence-corrected chi connectivity index (χ1v) is 4.69. The van der Waals surface area contributed by atoms with Crippen LogP contribution in [0.3, 0.4) is 0 Å². The molecule has 1 aliphatic rings. The van der Waals surface area contributed by atoms with Gasteiger partial charge >= 0.3 is 0 Å². The van der Waals surface area contributed by atoms with E-state index in [9.17, 15) is 4.79 Å². The van der Waals surface area contributed by atoms with Gasteiger partial charge in [0.2, 0.25) is 5.91 Å². The largest absolute Gasteiger partial charge is 0.324 e. The van der Waals surface area contributed by atoms with E-state index in [2.05, 4.69) is 11.4 Å². The highest BCUT2D eigenvalue weighted by molar-refractivity contribution is 8.00. The zero-order valence-electron chi connectivity index (χ0n) is 6.68. The van der Waals surface area contributed by atoms with E-state index in [1.807, 2.05) is 19.1 Å². The van der Waals surface area contributed by atoms with Gasteiger partial charge < -0.3 is 5.32 Å². The summed E-state index contributed by atoms with van der Waals surface area (Å²) in [5, 5.41) is 2.80. The van der Waals surface area contributed by atoms with Crippen molar-refractivity contribution in [2.24, 2.45) is 0 Å². The number of aryl methyl sites for hydroxylation is 1. The Hall–Kier alpha value is -0.960. The molecule has 1 aliphatic heterocycles. The molecule has 0 bridgehead atoms. The molecular weight excluding hydrogens is 170 g/mol. The quantitative estimate of drug-likeness (QED) is 0.656. The molecule has 12 heavy (non-hydrogen) atoms. The molecule has 0 saturated carbocycles. The van der Waals surface area contributed by atoms with Crippen molar-refractivity contribution in [3.63, 3.8) is 0 Å². The molecule has 61 valence electrons. The number of carbonyl (C=O) groups excluding carboxylic acids is 1. The third-order valence-corrected chi connectivity index (χ3v) is 2.75. The van der Waals surface area contributed by atoms with Crippen molar-refractivity contribution in [1.29, 1.82) is 0 Å². The molecule has 0 spiro atoms. The van der Waals surface area contributed by atoms with E-state index in [1.165, 1.54) is 0 Å². The first-order chi connectivity index (χ1) is 5.75. The van der Waals surface area contributed by atoms with E-state index < -0.39 is 0 Å². The number of hydrogen-bond acceptors (Lipinski definition) is 2. The summed E-state index contributed by atoms with van der Waals surface area (Å²) < 4.78 is 0. The summed E-state index contributed by atoms with van der Waals surface area (Å²) in [6, 6.07) is 6.92. The monoisotopic (exact) mass is 178 g/mol. The molecule has 1 N–H and O–H groups in total. The van der Waals surface area contributed by atoms with Crippen LogP contribution in [0.4, 0.5) is 5.69 Å². The Kier molecular flexibility index (Phi) is 1.81. The maximum absolute atomic E-state index is 11.0. The minimum absolute atomic E-state index is 0.0738. The lowest BCUT2D eigenvalue weighted by molar-refractivity contribution is -0.113. The number of anilines is 1. The lowest BCUT2D eigenvalue weighted by Gasteiger charge is -2.15. The van der Waals surface area contributed by atoms with Gasteiger partial charge in [0.15, 0.2) is 0 Å². The highest BCUT2D eigenvalue weighted by Gasteiger charge is 2.14. The van der Waals surface area contributed by atoms with Gasteiger partial charge in [-0.2, -0.15) is 0 Å². The van der Waals surface area contributed by atoms with Gasteiger partial charge in [0.25, 0.3) is 0 Å². The van der Waals surface area contributed by atoms with Gasteiger partial charge in [0, 0.05) is 4.90 Å². The Morgan fingerprint density at radius 2 is 2.50 bits per heavy atom. The van der Waals surface area contributed by atoms with Crippen LogP contribution in [0.5, 0.6) is 0 Å². The SMILES string of the molecule is Cc1[c]cc2c(c1)SCC(=O)N2. The molecule has 1 aromatic carbocycles. The molecule has 0 aromatic heterocycles. The van der Waals surface area contributed by atoms with Crippen LogP contribution >= 0.6 is 11.8 Å². The van der Waals surface area contributed by atoms with Gasteiger partial charge in [0.1, 0.15) is 0 Å². The molecule has 0 unspecified atom stereocenters. The van der Waals surface area contributed by atoms with E-state index in [0.29, 0.717) is 5.75 Å². The molecule has 1 aromatic rings. The normalized spacial score (nSPS) is 15.2. The molecule has 0 saturated heterocycles. The van der Waals surface area contributed by atoms with Gasteiger partial charge in [-0.25, -0.2) is 0 Å². The molecule has 1 amide bonds. The minimum atomic E-state index is 0.0738. The van der Waals surface area contributed by atoms with E-state index in [4.69, 9.17) is 0 Å². The summed E-state index contributed by atoms with van der Waals surface area (Å²) in [5.74, 6) is 0.598. The van der Waals surface area contributed by atoms with Crippen LogP contribution in [-0.4, -0.2) is 11.7 Å². The number of amides is 1. The predicted molar refractivity (Wildman–Crippen MR) is 49.4 cm³/mol. The third kappa shape index (κ3) is 1.32. The number of nitrogens with one attached hydrogen (secondary N) is 1. The molecule has 2 nitrogen and oxygen atoms in total. The zero-order chi connectivity index (χ0) is 8.55. The van der Waals surface area contributed by atoms with Crippen LogP contribution in [0.15, 0.2) is 17.0 Å². The fourth-order valence-electron chi connectivity index (χ4n) is 1.12. The Balaban J connectivity index is 2.43. The molecule has 1 heterocycles. The summed E-state index contributed by atoms with van der Waals surface area (Å²) in [4.78, 5) is 12.1. The van der Waals surface area contributed by atoms with E-state index in [1.54, 1.807) is 11.8 Å². The summed E-state index contributed by atoms with van der Waals surface area (Å²) in [7, 11) is 0. The van der Waals surface area contributed by atoms with Crippen molar-refractivity contribution in [3.8, 4) is 0 Å². The number of hydrogen-bond donors (Lipinski definition) is 1. The van der Waals surface area contributed by atoms with Crippen molar-refractivity contribution in [3.05, 3.63) is 23.8 Å². The number of carbonyl (C=O) groups is 1. The summed E-state index contributed by atoms with van der Waals surface area (Å²) in [6.07, 6.45) is 0. The second-order valence-corrected chi connectivity index (χ2v) is 3.75. The molecule has 0 atom stereocenters. The fraction of sp³-hybridized carbons (Fsp3) is 0.222. The fourth-order valence-corrected chi connectivity index (χ4v) is 2.00. The summed E-state index contributed by atoms with van der Waals surface area (Å²) >= 11 is 1.58. The molecule has 0 aliphatic carbocycles. The Morgan fingerprint density at radius 3 is 3.33 bits per heavy atom. The van der Waals surface area contributed by atoms with Crippen LogP contribution < -0.4 is 5.32 Å². The first-order valence-electron chi connectivity index (χ1n) is 3.71. The average Bonchev–Trinajstić information content (AvgIpc) is 2.05. The van der Waals surface area contributed by atoms with Gasteiger partial charge in [-0.05, 0) is 30.7 Å². The summed E-state index contributed by atoms with van der Waals surface area (Å²) in [6.45, 7) is 2.00. The lowest BCUT2D eigenvalue weighted by atomic mass is 10.2. The number of fused-ring (bicyclic) bond motifs is 1. The summed E-state index contributed by atoms with van der Waals surface area (Å²) in [5.41, 5.74) is 2.00. The van der Waals surface area contributed by atoms with Crippen LogP contribution in [0.25, 0.3) is 0 Å². The van der Waals surface area contributed by atoms with Gasteiger partial charge in [-0.1, -0.05) is 0 Å². The number of benzene rings is 1. The van der Waals surface area contributed by atoms with Crippen molar-refractivity contribution in [1.82, 2.24) is 0 Å². The topological polar surface area (TPSA) is 29.1 Å². The van der Waals surface area contributed by atoms with Crippen LogP contribution in [-0.2, 0) is 4.79 Å². The van der Waals surface area contributed by atoms with Crippen LogP contribution in [0.2, 0.25) is 0 Å². The Labute approximate surface area is 75.4 Å². The standard InChI is InChI=1S/C9H8NOS/c1-6-2-3-7-8(4-6)12-5-9(11)10-7/h3-4H,5H2,1H3,(H,10,11). The van der Waals surface area contributed by atoms with Gasteiger partial charge in [-0.15, -0.1) is 11.8 Å².